The molecular weight excluding hydrogens is 258 g/mol. The van der Waals surface area contributed by atoms with Crippen LogP contribution in [0, 0.1) is 29.1 Å². The Bertz CT molecular complexity index is 361. The summed E-state index contributed by atoms with van der Waals surface area (Å²) in [7, 11) is 0. The molecule has 0 aliphatic heterocycles. The molecule has 5 rings (SSSR count). The van der Waals surface area contributed by atoms with E-state index in [2.05, 4.69) is 5.32 Å². The van der Waals surface area contributed by atoms with Gasteiger partial charge in [0.25, 0.3) is 0 Å². The summed E-state index contributed by atoms with van der Waals surface area (Å²) in [5, 5.41) is 3.35. The van der Waals surface area contributed by atoms with Crippen molar-refractivity contribution in [2.45, 2.75) is 77.0 Å². The molecule has 118 valence electrons. The lowest BCUT2D eigenvalue weighted by Crippen LogP contribution is -2.53. The van der Waals surface area contributed by atoms with Crippen LogP contribution in [0.15, 0.2) is 0 Å². The molecule has 1 N–H and O–H groups in total. The van der Waals surface area contributed by atoms with Crippen LogP contribution in [0.1, 0.15) is 77.0 Å². The van der Waals surface area contributed by atoms with Crippen molar-refractivity contribution in [1.82, 2.24) is 5.32 Å². The minimum atomic E-state index is 0.0569. The molecule has 0 aromatic rings. The van der Waals surface area contributed by atoms with E-state index in [4.69, 9.17) is 0 Å². The van der Waals surface area contributed by atoms with Crippen molar-refractivity contribution in [3.63, 3.8) is 0 Å². The zero-order chi connectivity index (χ0) is 14.3. The number of amides is 1. The van der Waals surface area contributed by atoms with Gasteiger partial charge in [0.2, 0.25) is 5.91 Å². The SMILES string of the molecule is O=C(NCCC1CCCCC1)C12CC3CC(CC(C3)C1)C2. The number of hydrogen-bond acceptors (Lipinski definition) is 1. The summed E-state index contributed by atoms with van der Waals surface area (Å²) < 4.78 is 0. The van der Waals surface area contributed by atoms with Gasteiger partial charge in [0, 0.05) is 12.0 Å². The third kappa shape index (κ3) is 2.75. The summed E-state index contributed by atoms with van der Waals surface area (Å²) in [6.07, 6.45) is 16.1. The quantitative estimate of drug-likeness (QED) is 0.822. The van der Waals surface area contributed by atoms with Gasteiger partial charge in [-0.1, -0.05) is 32.1 Å². The third-order valence-electron chi connectivity index (χ3n) is 7.08. The number of nitrogens with one attached hydrogen (secondary N) is 1. The van der Waals surface area contributed by atoms with Gasteiger partial charge in [0.15, 0.2) is 0 Å². The van der Waals surface area contributed by atoms with Gasteiger partial charge < -0.3 is 5.32 Å². The molecule has 5 saturated carbocycles. The Kier molecular flexibility index (Phi) is 3.75. The van der Waals surface area contributed by atoms with E-state index >= 15 is 0 Å². The van der Waals surface area contributed by atoms with Gasteiger partial charge in [-0.15, -0.1) is 0 Å². The Hall–Kier alpha value is -0.530. The predicted octanol–water partition coefficient (Wildman–Crippen LogP) is 4.29. The van der Waals surface area contributed by atoms with E-state index in [9.17, 15) is 4.79 Å². The molecule has 0 aromatic carbocycles. The molecule has 5 aliphatic rings. The van der Waals surface area contributed by atoms with Gasteiger partial charge in [0.1, 0.15) is 0 Å². The van der Waals surface area contributed by atoms with E-state index in [-0.39, 0.29) is 5.41 Å². The van der Waals surface area contributed by atoms with Crippen molar-refractivity contribution in [2.24, 2.45) is 29.1 Å². The first kappa shape index (κ1) is 14.1. The summed E-state index contributed by atoms with van der Waals surface area (Å²) in [5.74, 6) is 3.94. The zero-order valence-electron chi connectivity index (χ0n) is 13.4. The monoisotopic (exact) mass is 289 g/mol. The Balaban J connectivity index is 1.30. The first-order chi connectivity index (χ1) is 10.2. The zero-order valence-corrected chi connectivity index (χ0v) is 13.4. The van der Waals surface area contributed by atoms with Gasteiger partial charge in [0.05, 0.1) is 0 Å². The lowest BCUT2D eigenvalue weighted by Gasteiger charge is -2.55. The van der Waals surface area contributed by atoms with Gasteiger partial charge in [-0.2, -0.15) is 0 Å². The third-order valence-corrected chi connectivity index (χ3v) is 7.08. The fraction of sp³-hybridized carbons (Fsp3) is 0.947. The van der Waals surface area contributed by atoms with Gasteiger partial charge in [-0.25, -0.2) is 0 Å². The largest absolute Gasteiger partial charge is 0.356 e. The predicted molar refractivity (Wildman–Crippen MR) is 84.8 cm³/mol. The highest BCUT2D eigenvalue weighted by Gasteiger charge is 2.54. The Morgan fingerprint density at radius 2 is 1.48 bits per heavy atom. The fourth-order valence-electron chi connectivity index (χ4n) is 6.44. The second kappa shape index (κ2) is 5.59. The molecule has 21 heavy (non-hydrogen) atoms. The normalized spacial score (nSPS) is 42.2. The van der Waals surface area contributed by atoms with Crippen molar-refractivity contribution in [3.8, 4) is 0 Å². The summed E-state index contributed by atoms with van der Waals surface area (Å²) in [4.78, 5) is 12.8. The summed E-state index contributed by atoms with van der Waals surface area (Å²) >= 11 is 0. The van der Waals surface area contributed by atoms with Crippen LogP contribution in [0.5, 0.6) is 0 Å². The number of carbonyl (C=O) groups is 1. The standard InChI is InChI=1S/C19H31NO/c21-18(20-7-6-14-4-2-1-3-5-14)19-11-15-8-16(12-19)10-17(9-15)13-19/h14-17H,1-13H2,(H,20,21). The average Bonchev–Trinajstić information content (AvgIpc) is 2.47. The molecule has 0 atom stereocenters. The van der Waals surface area contributed by atoms with E-state index in [1.807, 2.05) is 0 Å². The molecule has 0 heterocycles. The van der Waals surface area contributed by atoms with Crippen LogP contribution in [-0.4, -0.2) is 12.5 Å². The number of hydrogen-bond donors (Lipinski definition) is 1. The molecule has 1 amide bonds. The van der Waals surface area contributed by atoms with Gasteiger partial charge in [-0.3, -0.25) is 4.79 Å². The summed E-state index contributed by atoms with van der Waals surface area (Å²) in [5.41, 5.74) is 0.0569. The maximum Gasteiger partial charge on any atom is 0.226 e. The van der Waals surface area contributed by atoms with Crippen LogP contribution in [0.2, 0.25) is 0 Å². The first-order valence-electron chi connectivity index (χ1n) is 9.52. The van der Waals surface area contributed by atoms with Crippen molar-refractivity contribution in [3.05, 3.63) is 0 Å². The van der Waals surface area contributed by atoms with Gasteiger partial charge >= 0.3 is 0 Å². The highest BCUT2D eigenvalue weighted by Crippen LogP contribution is 2.60. The Morgan fingerprint density at radius 3 is 2.05 bits per heavy atom. The maximum atomic E-state index is 12.8. The molecule has 5 aliphatic carbocycles. The van der Waals surface area contributed by atoms with Crippen molar-refractivity contribution >= 4 is 5.91 Å². The Morgan fingerprint density at radius 1 is 0.905 bits per heavy atom. The topological polar surface area (TPSA) is 29.1 Å². The molecule has 5 fully saturated rings. The van der Waals surface area contributed by atoms with E-state index in [0.29, 0.717) is 5.91 Å². The van der Waals surface area contributed by atoms with E-state index in [1.54, 1.807) is 0 Å². The summed E-state index contributed by atoms with van der Waals surface area (Å²) in [6.45, 7) is 0.936. The van der Waals surface area contributed by atoms with Crippen molar-refractivity contribution in [1.29, 1.82) is 0 Å². The minimum absolute atomic E-state index is 0.0569. The molecule has 0 saturated heterocycles. The number of carbonyl (C=O) groups excluding carboxylic acids is 1. The van der Waals surface area contributed by atoms with Crippen molar-refractivity contribution < 1.29 is 4.79 Å². The Labute approximate surface area is 129 Å². The van der Waals surface area contributed by atoms with Gasteiger partial charge in [-0.05, 0) is 68.6 Å². The average molecular weight is 289 g/mol. The lowest BCUT2D eigenvalue weighted by molar-refractivity contribution is -0.146. The highest BCUT2D eigenvalue weighted by molar-refractivity contribution is 5.83. The highest BCUT2D eigenvalue weighted by atomic mass is 16.2. The smallest absolute Gasteiger partial charge is 0.226 e. The molecule has 0 radical (unpaired) electrons. The van der Waals surface area contributed by atoms with E-state index in [1.165, 1.54) is 77.0 Å². The molecular formula is C19H31NO. The van der Waals surface area contributed by atoms with Crippen LogP contribution in [0.4, 0.5) is 0 Å². The van der Waals surface area contributed by atoms with E-state index < -0.39 is 0 Å². The van der Waals surface area contributed by atoms with Crippen LogP contribution in [0.25, 0.3) is 0 Å². The second-order valence-electron chi connectivity index (χ2n) is 8.75. The molecule has 2 heteroatoms. The maximum absolute atomic E-state index is 12.8. The van der Waals surface area contributed by atoms with Crippen LogP contribution < -0.4 is 5.32 Å². The van der Waals surface area contributed by atoms with Crippen LogP contribution in [-0.2, 0) is 4.79 Å². The first-order valence-corrected chi connectivity index (χ1v) is 9.52. The summed E-state index contributed by atoms with van der Waals surface area (Å²) in [6, 6.07) is 0. The second-order valence-corrected chi connectivity index (χ2v) is 8.75. The number of rotatable bonds is 4. The van der Waals surface area contributed by atoms with Crippen LogP contribution >= 0.6 is 0 Å². The van der Waals surface area contributed by atoms with E-state index in [0.717, 1.165) is 30.2 Å². The molecule has 0 spiro atoms. The minimum Gasteiger partial charge on any atom is -0.356 e. The molecule has 4 bridgehead atoms. The lowest BCUT2D eigenvalue weighted by atomic mass is 9.49. The molecule has 0 unspecified atom stereocenters. The molecule has 0 aromatic heterocycles. The van der Waals surface area contributed by atoms with Crippen molar-refractivity contribution in [2.75, 3.05) is 6.54 Å². The fourth-order valence-corrected chi connectivity index (χ4v) is 6.44. The molecule has 2 nitrogen and oxygen atoms in total. The van der Waals surface area contributed by atoms with Crippen LogP contribution in [0.3, 0.4) is 0 Å².